The number of nitrogens with one attached hydrogen (secondary N) is 1. The lowest BCUT2D eigenvalue weighted by atomic mass is 9.99. The van der Waals surface area contributed by atoms with E-state index in [1.807, 2.05) is 24.3 Å². The number of amides is 2. The lowest BCUT2D eigenvalue weighted by Crippen LogP contribution is -2.43. The number of ether oxygens (including phenoxy) is 2. The molecule has 2 amide bonds. The molecule has 0 atom stereocenters. The normalized spacial score (nSPS) is 16.3. The molecule has 0 radical (unpaired) electrons. The Kier molecular flexibility index (Phi) is 6.78. The number of nitrogens with zero attached hydrogens (tertiary/aromatic N) is 4. The molecule has 0 spiro atoms. The fourth-order valence-electron chi connectivity index (χ4n) is 4.01. The van der Waals surface area contributed by atoms with Crippen molar-refractivity contribution in [1.29, 1.82) is 0 Å². The van der Waals surface area contributed by atoms with Gasteiger partial charge in [0.15, 0.2) is 0 Å². The lowest BCUT2D eigenvalue weighted by molar-refractivity contribution is 0.192. The summed E-state index contributed by atoms with van der Waals surface area (Å²) in [5.74, 6) is 3.37. The Morgan fingerprint density at radius 3 is 2.59 bits per heavy atom. The van der Waals surface area contributed by atoms with Gasteiger partial charge in [-0.05, 0) is 43.0 Å². The molecular weight excluding hydrogens is 406 g/mol. The van der Waals surface area contributed by atoms with E-state index in [1.54, 1.807) is 18.1 Å². The van der Waals surface area contributed by atoms with Gasteiger partial charge in [-0.25, -0.2) is 9.78 Å². The van der Waals surface area contributed by atoms with E-state index in [4.69, 9.17) is 19.4 Å². The third kappa shape index (κ3) is 4.95. The van der Waals surface area contributed by atoms with Gasteiger partial charge in [-0.15, -0.1) is 6.58 Å². The van der Waals surface area contributed by atoms with Crippen LogP contribution >= 0.6 is 0 Å². The highest BCUT2D eigenvalue weighted by molar-refractivity contribution is 5.74. The van der Waals surface area contributed by atoms with Crippen LogP contribution in [0.2, 0.25) is 0 Å². The van der Waals surface area contributed by atoms with E-state index in [9.17, 15) is 4.79 Å². The van der Waals surface area contributed by atoms with Gasteiger partial charge >= 0.3 is 6.03 Å². The van der Waals surface area contributed by atoms with Gasteiger partial charge in [0.25, 0.3) is 0 Å². The highest BCUT2D eigenvalue weighted by Crippen LogP contribution is 2.33. The van der Waals surface area contributed by atoms with Crippen LogP contribution < -0.4 is 19.7 Å². The topological polar surface area (TPSA) is 79.8 Å². The zero-order valence-corrected chi connectivity index (χ0v) is 18.8. The van der Waals surface area contributed by atoms with Crippen molar-refractivity contribution in [1.82, 2.24) is 20.2 Å². The molecule has 8 nitrogen and oxygen atoms in total. The van der Waals surface area contributed by atoms with E-state index >= 15 is 0 Å². The number of anilines is 1. The highest BCUT2D eigenvalue weighted by atomic mass is 16.5. The maximum absolute atomic E-state index is 12.5. The van der Waals surface area contributed by atoms with Crippen molar-refractivity contribution < 1.29 is 14.3 Å². The van der Waals surface area contributed by atoms with E-state index in [-0.39, 0.29) is 6.03 Å². The van der Waals surface area contributed by atoms with Crippen LogP contribution in [0.15, 0.2) is 36.9 Å². The Morgan fingerprint density at radius 1 is 1.19 bits per heavy atom. The van der Waals surface area contributed by atoms with Crippen LogP contribution in [0.5, 0.6) is 17.4 Å². The van der Waals surface area contributed by atoms with Crippen LogP contribution in [0.4, 0.5) is 10.7 Å². The molecule has 0 saturated carbocycles. The third-order valence-corrected chi connectivity index (χ3v) is 6.04. The predicted octanol–water partition coefficient (Wildman–Crippen LogP) is 3.77. The summed E-state index contributed by atoms with van der Waals surface area (Å²) in [5, 5.41) is 2.85. The average molecular weight is 438 g/mol. The van der Waals surface area contributed by atoms with Crippen molar-refractivity contribution in [2.45, 2.75) is 32.7 Å². The minimum atomic E-state index is -0.125. The largest absolute Gasteiger partial charge is 0.497 e. The number of fused-ring (bicyclic) bond motifs is 1. The fourth-order valence-corrected chi connectivity index (χ4v) is 4.01. The predicted molar refractivity (Wildman–Crippen MR) is 123 cm³/mol. The smallest absolute Gasteiger partial charge is 0.317 e. The van der Waals surface area contributed by atoms with E-state index < -0.39 is 0 Å². The standard InChI is InChI=1S/C24H31N5O3/c1-4-12-25-24(30)29-15-11-21-20(16-29)22(32-19-7-5-18(31-3)6-8-19)27-23(26-21)28-13-9-17(2)10-14-28/h4-8,17H,1,9-16H2,2-3H3,(H,25,30). The zero-order chi connectivity index (χ0) is 22.5. The number of aromatic nitrogens is 2. The summed E-state index contributed by atoms with van der Waals surface area (Å²) < 4.78 is 11.5. The zero-order valence-electron chi connectivity index (χ0n) is 18.8. The van der Waals surface area contributed by atoms with E-state index in [1.165, 1.54) is 0 Å². The maximum atomic E-state index is 12.5. The monoisotopic (exact) mass is 437 g/mol. The first kappa shape index (κ1) is 21.9. The highest BCUT2D eigenvalue weighted by Gasteiger charge is 2.28. The van der Waals surface area contributed by atoms with Gasteiger partial charge in [0.2, 0.25) is 11.8 Å². The van der Waals surface area contributed by atoms with Crippen LogP contribution in [0, 0.1) is 5.92 Å². The SMILES string of the molecule is C=CCNC(=O)N1CCc2nc(N3CCC(C)CC3)nc(Oc3ccc(OC)cc3)c2C1. The Balaban J connectivity index is 1.63. The molecule has 2 aliphatic heterocycles. The minimum absolute atomic E-state index is 0.125. The number of methoxy groups -OCH3 is 1. The molecule has 32 heavy (non-hydrogen) atoms. The number of hydrogen-bond acceptors (Lipinski definition) is 6. The second-order valence-corrected chi connectivity index (χ2v) is 8.35. The Labute approximate surface area is 189 Å². The van der Waals surface area contributed by atoms with E-state index in [0.29, 0.717) is 43.6 Å². The fraction of sp³-hybridized carbons (Fsp3) is 0.458. The summed E-state index contributed by atoms with van der Waals surface area (Å²) in [7, 11) is 1.63. The first-order valence-corrected chi connectivity index (χ1v) is 11.2. The molecule has 0 bridgehead atoms. The summed E-state index contributed by atoms with van der Waals surface area (Å²) in [6.45, 7) is 9.27. The van der Waals surface area contributed by atoms with Crippen LogP contribution in [0.1, 0.15) is 31.0 Å². The van der Waals surface area contributed by atoms with Crippen LogP contribution in [0.25, 0.3) is 0 Å². The van der Waals surface area contributed by atoms with Gasteiger partial charge in [-0.3, -0.25) is 0 Å². The summed E-state index contributed by atoms with van der Waals surface area (Å²) in [6, 6.07) is 7.29. The van der Waals surface area contributed by atoms with Crippen molar-refractivity contribution >= 4 is 12.0 Å². The Bertz CT molecular complexity index is 955. The van der Waals surface area contributed by atoms with Crippen molar-refractivity contribution in [3.63, 3.8) is 0 Å². The average Bonchev–Trinajstić information content (AvgIpc) is 2.83. The van der Waals surface area contributed by atoms with Crippen LogP contribution in [-0.2, 0) is 13.0 Å². The van der Waals surface area contributed by atoms with Gasteiger partial charge in [-0.1, -0.05) is 13.0 Å². The molecule has 2 aromatic rings. The van der Waals surface area contributed by atoms with E-state index in [2.05, 4.69) is 23.7 Å². The lowest BCUT2D eigenvalue weighted by Gasteiger charge is -2.33. The number of urea groups is 1. The molecule has 2 aliphatic rings. The van der Waals surface area contributed by atoms with Gasteiger partial charge in [0, 0.05) is 32.6 Å². The molecule has 1 aromatic heterocycles. The van der Waals surface area contributed by atoms with Gasteiger partial charge < -0.3 is 24.6 Å². The molecule has 4 rings (SSSR count). The summed E-state index contributed by atoms with van der Waals surface area (Å²) in [4.78, 5) is 26.2. The third-order valence-electron chi connectivity index (χ3n) is 6.04. The van der Waals surface area contributed by atoms with Gasteiger partial charge in [0.05, 0.1) is 24.9 Å². The molecule has 170 valence electrons. The molecule has 1 fully saturated rings. The van der Waals surface area contributed by atoms with E-state index in [0.717, 1.165) is 48.9 Å². The van der Waals surface area contributed by atoms with Gasteiger partial charge in [-0.2, -0.15) is 4.98 Å². The van der Waals surface area contributed by atoms with Crippen LogP contribution in [0.3, 0.4) is 0 Å². The second-order valence-electron chi connectivity index (χ2n) is 8.35. The number of benzene rings is 1. The molecule has 3 heterocycles. The second kappa shape index (κ2) is 9.89. The maximum Gasteiger partial charge on any atom is 0.317 e. The molecule has 0 aliphatic carbocycles. The molecule has 1 saturated heterocycles. The summed E-state index contributed by atoms with van der Waals surface area (Å²) >= 11 is 0. The molecular formula is C24H31N5O3. The molecule has 1 aromatic carbocycles. The van der Waals surface area contributed by atoms with Crippen molar-refractivity contribution in [2.75, 3.05) is 38.2 Å². The molecule has 1 N–H and O–H groups in total. The Morgan fingerprint density at radius 2 is 1.91 bits per heavy atom. The number of piperidine rings is 1. The van der Waals surface area contributed by atoms with Crippen LogP contribution in [-0.4, -0.2) is 54.2 Å². The molecule has 0 unspecified atom stereocenters. The first-order valence-electron chi connectivity index (χ1n) is 11.2. The number of hydrogen-bond donors (Lipinski definition) is 1. The summed E-state index contributed by atoms with van der Waals surface area (Å²) in [6.07, 6.45) is 4.59. The quantitative estimate of drug-likeness (QED) is 0.693. The summed E-state index contributed by atoms with van der Waals surface area (Å²) in [5.41, 5.74) is 1.81. The minimum Gasteiger partial charge on any atom is -0.497 e. The number of carbonyl (C=O) groups excluding carboxylic acids is 1. The van der Waals surface area contributed by atoms with Gasteiger partial charge in [0.1, 0.15) is 11.5 Å². The number of carbonyl (C=O) groups is 1. The number of rotatable bonds is 6. The van der Waals surface area contributed by atoms with Crippen molar-refractivity contribution in [2.24, 2.45) is 5.92 Å². The molecule has 8 heteroatoms. The van der Waals surface area contributed by atoms with Crippen molar-refractivity contribution in [3.05, 3.63) is 48.2 Å². The van der Waals surface area contributed by atoms with Crippen molar-refractivity contribution in [3.8, 4) is 17.4 Å². The first-order chi connectivity index (χ1) is 15.6. The Hall–Kier alpha value is -3.29.